The van der Waals surface area contributed by atoms with E-state index in [4.69, 9.17) is 4.74 Å². The lowest BCUT2D eigenvalue weighted by atomic mass is 10.1. The van der Waals surface area contributed by atoms with Crippen LogP contribution in [-0.2, 0) is 10.5 Å². The van der Waals surface area contributed by atoms with Gasteiger partial charge in [-0.3, -0.25) is 9.78 Å². The van der Waals surface area contributed by atoms with E-state index in [0.29, 0.717) is 5.75 Å². The number of benzene rings is 3. The standard InChI is InChI=1S/C24H20N2O2S/c27-24(16-28-22-10-7-19-5-1-2-6-20(19)14-22)26-21-8-11-23(12-9-21)29-17-18-4-3-13-25-15-18/h1-15H,16-17H2,(H,26,27). The molecule has 0 radical (unpaired) electrons. The zero-order chi connectivity index (χ0) is 19.9. The lowest BCUT2D eigenvalue weighted by Crippen LogP contribution is -2.20. The van der Waals surface area contributed by atoms with Crippen LogP contribution in [0.2, 0.25) is 0 Å². The molecule has 5 heteroatoms. The van der Waals surface area contributed by atoms with Crippen molar-refractivity contribution in [2.75, 3.05) is 11.9 Å². The van der Waals surface area contributed by atoms with Gasteiger partial charge in [-0.05, 0) is 58.8 Å². The largest absolute Gasteiger partial charge is 0.484 e. The number of amides is 1. The predicted molar refractivity (Wildman–Crippen MR) is 118 cm³/mol. The van der Waals surface area contributed by atoms with Crippen molar-refractivity contribution in [2.45, 2.75) is 10.6 Å². The Morgan fingerprint density at radius 1 is 0.931 bits per heavy atom. The molecule has 4 rings (SSSR count). The molecule has 144 valence electrons. The Morgan fingerprint density at radius 2 is 1.76 bits per heavy atom. The Balaban J connectivity index is 1.27. The third-order valence-corrected chi connectivity index (χ3v) is 5.44. The number of carbonyl (C=O) groups is 1. The van der Waals surface area contributed by atoms with E-state index in [2.05, 4.69) is 16.4 Å². The van der Waals surface area contributed by atoms with Crippen LogP contribution in [0.25, 0.3) is 10.8 Å². The highest BCUT2D eigenvalue weighted by Crippen LogP contribution is 2.24. The minimum atomic E-state index is -0.186. The first-order chi connectivity index (χ1) is 14.3. The second-order valence-electron chi connectivity index (χ2n) is 6.52. The van der Waals surface area contributed by atoms with Crippen LogP contribution in [0, 0.1) is 0 Å². The molecular formula is C24H20N2O2S. The number of hydrogen-bond acceptors (Lipinski definition) is 4. The highest BCUT2D eigenvalue weighted by Gasteiger charge is 2.05. The maximum atomic E-state index is 12.2. The fourth-order valence-corrected chi connectivity index (χ4v) is 3.72. The molecule has 1 N–H and O–H groups in total. The first kappa shape index (κ1) is 19.0. The SMILES string of the molecule is O=C(COc1ccc2ccccc2c1)Nc1ccc(SCc2cccnc2)cc1. The average Bonchev–Trinajstić information content (AvgIpc) is 2.78. The summed E-state index contributed by atoms with van der Waals surface area (Å²) in [5, 5.41) is 5.10. The third kappa shape index (κ3) is 5.36. The van der Waals surface area contributed by atoms with Crippen LogP contribution >= 0.6 is 11.8 Å². The Labute approximate surface area is 173 Å². The van der Waals surface area contributed by atoms with Gasteiger partial charge < -0.3 is 10.1 Å². The van der Waals surface area contributed by atoms with E-state index in [1.807, 2.05) is 79.0 Å². The molecule has 1 heterocycles. The number of aromatic nitrogens is 1. The number of carbonyl (C=O) groups excluding carboxylic acids is 1. The number of ether oxygens (including phenoxy) is 1. The fraction of sp³-hybridized carbons (Fsp3) is 0.0833. The number of anilines is 1. The quantitative estimate of drug-likeness (QED) is 0.414. The average molecular weight is 401 g/mol. The van der Waals surface area contributed by atoms with Crippen LogP contribution in [0.4, 0.5) is 5.69 Å². The first-order valence-corrected chi connectivity index (χ1v) is 10.3. The van der Waals surface area contributed by atoms with E-state index in [1.165, 1.54) is 5.56 Å². The molecule has 0 aliphatic carbocycles. The summed E-state index contributed by atoms with van der Waals surface area (Å²) in [6.07, 6.45) is 3.65. The van der Waals surface area contributed by atoms with Crippen molar-refractivity contribution in [2.24, 2.45) is 0 Å². The first-order valence-electron chi connectivity index (χ1n) is 9.29. The van der Waals surface area contributed by atoms with E-state index in [9.17, 15) is 4.79 Å². The van der Waals surface area contributed by atoms with Crippen molar-refractivity contribution < 1.29 is 9.53 Å². The number of thioether (sulfide) groups is 1. The molecule has 1 aromatic heterocycles. The van der Waals surface area contributed by atoms with Gasteiger partial charge in [-0.1, -0.05) is 36.4 Å². The van der Waals surface area contributed by atoms with Gasteiger partial charge in [0.15, 0.2) is 6.61 Å². The minimum Gasteiger partial charge on any atom is -0.484 e. The van der Waals surface area contributed by atoms with E-state index in [-0.39, 0.29) is 12.5 Å². The van der Waals surface area contributed by atoms with Crippen molar-refractivity contribution in [3.05, 3.63) is 96.8 Å². The normalized spacial score (nSPS) is 10.6. The zero-order valence-electron chi connectivity index (χ0n) is 15.7. The molecular weight excluding hydrogens is 380 g/mol. The molecule has 29 heavy (non-hydrogen) atoms. The Morgan fingerprint density at radius 3 is 2.55 bits per heavy atom. The smallest absolute Gasteiger partial charge is 0.262 e. The van der Waals surface area contributed by atoms with Gasteiger partial charge in [0.2, 0.25) is 0 Å². The van der Waals surface area contributed by atoms with E-state index in [1.54, 1.807) is 18.0 Å². The van der Waals surface area contributed by atoms with Crippen LogP contribution in [-0.4, -0.2) is 17.5 Å². The van der Waals surface area contributed by atoms with Crippen LogP contribution < -0.4 is 10.1 Å². The van der Waals surface area contributed by atoms with Crippen molar-refractivity contribution >= 4 is 34.1 Å². The highest BCUT2D eigenvalue weighted by molar-refractivity contribution is 7.98. The summed E-state index contributed by atoms with van der Waals surface area (Å²) in [5.74, 6) is 1.36. The number of pyridine rings is 1. The van der Waals surface area contributed by atoms with Crippen LogP contribution in [0.5, 0.6) is 5.75 Å². The van der Waals surface area contributed by atoms with Gasteiger partial charge >= 0.3 is 0 Å². The van der Waals surface area contributed by atoms with Gasteiger partial charge in [-0.2, -0.15) is 0 Å². The van der Waals surface area contributed by atoms with Gasteiger partial charge in [-0.15, -0.1) is 11.8 Å². The Bertz CT molecular complexity index is 1100. The molecule has 4 nitrogen and oxygen atoms in total. The minimum absolute atomic E-state index is 0.0319. The molecule has 4 aromatic rings. The van der Waals surface area contributed by atoms with Gasteiger partial charge in [-0.25, -0.2) is 0 Å². The van der Waals surface area contributed by atoms with Crippen molar-refractivity contribution in [1.82, 2.24) is 4.98 Å². The summed E-state index contributed by atoms with van der Waals surface area (Å²) in [6, 6.07) is 25.7. The number of nitrogens with one attached hydrogen (secondary N) is 1. The summed E-state index contributed by atoms with van der Waals surface area (Å²) in [5.41, 5.74) is 1.93. The molecule has 0 unspecified atom stereocenters. The van der Waals surface area contributed by atoms with Crippen molar-refractivity contribution in [3.8, 4) is 5.75 Å². The number of nitrogens with zero attached hydrogens (tertiary/aromatic N) is 1. The third-order valence-electron chi connectivity index (χ3n) is 4.36. The van der Waals surface area contributed by atoms with Crippen LogP contribution in [0.15, 0.2) is 96.2 Å². The predicted octanol–water partition coefficient (Wildman–Crippen LogP) is 5.54. The molecule has 1 amide bonds. The van der Waals surface area contributed by atoms with Gasteiger partial charge in [0, 0.05) is 28.7 Å². The lowest BCUT2D eigenvalue weighted by molar-refractivity contribution is -0.118. The summed E-state index contributed by atoms with van der Waals surface area (Å²) in [6.45, 7) is -0.0319. The molecule has 0 aliphatic heterocycles. The topological polar surface area (TPSA) is 51.2 Å². The highest BCUT2D eigenvalue weighted by atomic mass is 32.2. The zero-order valence-corrected chi connectivity index (χ0v) is 16.6. The second kappa shape index (κ2) is 9.26. The molecule has 0 atom stereocenters. The second-order valence-corrected chi connectivity index (χ2v) is 7.57. The summed E-state index contributed by atoms with van der Waals surface area (Å²) in [7, 11) is 0. The summed E-state index contributed by atoms with van der Waals surface area (Å²) < 4.78 is 5.64. The maximum Gasteiger partial charge on any atom is 0.262 e. The maximum absolute atomic E-state index is 12.2. The molecule has 0 fully saturated rings. The fourth-order valence-electron chi connectivity index (χ4n) is 2.89. The van der Waals surface area contributed by atoms with E-state index >= 15 is 0 Å². The van der Waals surface area contributed by atoms with Crippen LogP contribution in [0.1, 0.15) is 5.56 Å². The number of fused-ring (bicyclic) bond motifs is 1. The number of hydrogen-bond donors (Lipinski definition) is 1. The van der Waals surface area contributed by atoms with Crippen molar-refractivity contribution in [1.29, 1.82) is 0 Å². The van der Waals surface area contributed by atoms with E-state index in [0.717, 1.165) is 27.1 Å². The van der Waals surface area contributed by atoms with Crippen LogP contribution in [0.3, 0.4) is 0 Å². The molecule has 0 saturated heterocycles. The van der Waals surface area contributed by atoms with Gasteiger partial charge in [0.1, 0.15) is 5.75 Å². The summed E-state index contributed by atoms with van der Waals surface area (Å²) >= 11 is 1.73. The molecule has 0 bridgehead atoms. The van der Waals surface area contributed by atoms with E-state index < -0.39 is 0 Å². The lowest BCUT2D eigenvalue weighted by Gasteiger charge is -2.09. The monoisotopic (exact) mass is 400 g/mol. The molecule has 0 aliphatic rings. The van der Waals surface area contributed by atoms with Gasteiger partial charge in [0.25, 0.3) is 5.91 Å². The summed E-state index contributed by atoms with van der Waals surface area (Å²) in [4.78, 5) is 17.5. The molecule has 0 saturated carbocycles. The molecule has 3 aromatic carbocycles. The number of rotatable bonds is 7. The Kier molecular flexibility index (Phi) is 6.07. The molecule has 0 spiro atoms. The van der Waals surface area contributed by atoms with Crippen molar-refractivity contribution in [3.63, 3.8) is 0 Å². The van der Waals surface area contributed by atoms with Gasteiger partial charge in [0.05, 0.1) is 0 Å². The Hall–Kier alpha value is -3.31.